The van der Waals surface area contributed by atoms with Crippen molar-refractivity contribution < 1.29 is 0 Å². The Bertz CT molecular complexity index is 1110. The van der Waals surface area contributed by atoms with E-state index in [1.54, 1.807) is 10.9 Å². The van der Waals surface area contributed by atoms with Crippen LogP contribution in [0.3, 0.4) is 0 Å². The molecule has 0 aliphatic heterocycles. The molecule has 5 heteroatoms. The van der Waals surface area contributed by atoms with E-state index >= 15 is 0 Å². The van der Waals surface area contributed by atoms with E-state index in [-0.39, 0.29) is 5.56 Å². The molecule has 4 aromatic rings. The zero-order chi connectivity index (χ0) is 18.1. The minimum Gasteiger partial charge on any atom is -0.294 e. The van der Waals surface area contributed by atoms with Crippen molar-refractivity contribution in [1.29, 1.82) is 0 Å². The van der Waals surface area contributed by atoms with Gasteiger partial charge >= 0.3 is 0 Å². The van der Waals surface area contributed by atoms with E-state index < -0.39 is 0 Å². The molecule has 0 saturated carbocycles. The first kappa shape index (κ1) is 17.2. The van der Waals surface area contributed by atoms with Gasteiger partial charge in [0.2, 0.25) is 0 Å². The summed E-state index contributed by atoms with van der Waals surface area (Å²) in [7, 11) is 0. The van der Waals surface area contributed by atoms with Gasteiger partial charge in [0.05, 0.1) is 18.3 Å². The highest BCUT2D eigenvalue weighted by atomic mass is 79.9. The smallest absolute Gasteiger partial charge is 0.263 e. The van der Waals surface area contributed by atoms with Crippen molar-refractivity contribution in [3.63, 3.8) is 0 Å². The van der Waals surface area contributed by atoms with E-state index in [1.165, 1.54) is 16.9 Å². The number of hydrogen-bond donors (Lipinski definition) is 0. The van der Waals surface area contributed by atoms with Crippen LogP contribution in [0.1, 0.15) is 18.1 Å². The number of rotatable bonds is 4. The number of thiophene rings is 1. The van der Waals surface area contributed by atoms with Crippen LogP contribution < -0.4 is 5.56 Å². The van der Waals surface area contributed by atoms with E-state index in [9.17, 15) is 4.79 Å². The Balaban J connectivity index is 1.78. The normalized spacial score (nSPS) is 11.2. The van der Waals surface area contributed by atoms with Crippen LogP contribution >= 0.6 is 27.3 Å². The first-order valence-corrected chi connectivity index (χ1v) is 10.1. The number of benzene rings is 2. The number of hydrogen-bond acceptors (Lipinski definition) is 3. The molecular formula is C21H17BrN2OS. The fourth-order valence-corrected chi connectivity index (χ4v) is 4.17. The van der Waals surface area contributed by atoms with E-state index in [2.05, 4.69) is 52.1 Å². The minimum atomic E-state index is 0.00809. The summed E-state index contributed by atoms with van der Waals surface area (Å²) < 4.78 is 2.71. The SMILES string of the molecule is CCc1ccc(-c2csc3ncn(Cc4ccc(Br)cc4)c(=O)c23)cc1. The summed E-state index contributed by atoms with van der Waals surface area (Å²) in [5.41, 5.74) is 4.40. The molecule has 0 bridgehead atoms. The molecule has 3 nitrogen and oxygen atoms in total. The van der Waals surface area contributed by atoms with Crippen molar-refractivity contribution in [3.8, 4) is 11.1 Å². The summed E-state index contributed by atoms with van der Waals surface area (Å²) >= 11 is 4.96. The molecule has 130 valence electrons. The lowest BCUT2D eigenvalue weighted by Crippen LogP contribution is -2.20. The van der Waals surface area contributed by atoms with Crippen LogP contribution in [0.25, 0.3) is 21.3 Å². The molecule has 2 heterocycles. The summed E-state index contributed by atoms with van der Waals surface area (Å²) in [6.07, 6.45) is 2.65. The van der Waals surface area contributed by atoms with Gasteiger partial charge in [0.25, 0.3) is 5.56 Å². The summed E-state index contributed by atoms with van der Waals surface area (Å²) in [4.78, 5) is 18.4. The molecule has 0 saturated heterocycles. The van der Waals surface area contributed by atoms with Crippen LogP contribution in [0.15, 0.2) is 69.5 Å². The zero-order valence-corrected chi connectivity index (χ0v) is 16.7. The first-order valence-electron chi connectivity index (χ1n) is 8.46. The van der Waals surface area contributed by atoms with Crippen molar-refractivity contribution in [2.45, 2.75) is 19.9 Å². The predicted octanol–water partition coefficient (Wildman–Crippen LogP) is 5.50. The van der Waals surface area contributed by atoms with Crippen LogP contribution in [0, 0.1) is 0 Å². The van der Waals surface area contributed by atoms with Crippen molar-refractivity contribution in [1.82, 2.24) is 9.55 Å². The second kappa shape index (κ2) is 7.17. The van der Waals surface area contributed by atoms with Gasteiger partial charge in [0, 0.05) is 15.4 Å². The van der Waals surface area contributed by atoms with Gasteiger partial charge in [0.1, 0.15) is 4.83 Å². The van der Waals surface area contributed by atoms with Crippen LogP contribution in [0.2, 0.25) is 0 Å². The van der Waals surface area contributed by atoms with E-state index in [0.29, 0.717) is 11.9 Å². The van der Waals surface area contributed by atoms with Crippen molar-refractivity contribution >= 4 is 37.5 Å². The van der Waals surface area contributed by atoms with Crippen molar-refractivity contribution in [3.05, 3.63) is 86.2 Å². The topological polar surface area (TPSA) is 34.9 Å². The van der Waals surface area contributed by atoms with Gasteiger partial charge in [-0.1, -0.05) is 59.3 Å². The third kappa shape index (κ3) is 3.24. The van der Waals surface area contributed by atoms with Crippen LogP contribution in [0.5, 0.6) is 0 Å². The molecule has 0 spiro atoms. The standard InChI is InChI=1S/C21H17BrN2OS/c1-2-14-3-7-16(8-4-14)18-12-26-20-19(18)21(25)24(13-23-20)11-15-5-9-17(22)10-6-15/h3-10,12-13H,2,11H2,1H3. The van der Waals surface area contributed by atoms with Crippen molar-refractivity contribution in [2.75, 3.05) is 0 Å². The summed E-state index contributed by atoms with van der Waals surface area (Å²) in [6.45, 7) is 2.65. The summed E-state index contributed by atoms with van der Waals surface area (Å²) in [5.74, 6) is 0. The maximum atomic E-state index is 13.1. The molecule has 26 heavy (non-hydrogen) atoms. The lowest BCUT2D eigenvalue weighted by atomic mass is 10.0. The van der Waals surface area contributed by atoms with Crippen molar-refractivity contribution in [2.24, 2.45) is 0 Å². The highest BCUT2D eigenvalue weighted by Crippen LogP contribution is 2.30. The number of halogens is 1. The fraction of sp³-hybridized carbons (Fsp3) is 0.143. The zero-order valence-electron chi connectivity index (χ0n) is 14.3. The molecule has 0 unspecified atom stereocenters. The van der Waals surface area contributed by atoms with Gasteiger partial charge in [-0.05, 0) is 35.2 Å². The van der Waals surface area contributed by atoms with Gasteiger partial charge in [-0.15, -0.1) is 11.3 Å². The van der Waals surface area contributed by atoms with Gasteiger partial charge in [0.15, 0.2) is 0 Å². The Hall–Kier alpha value is -2.24. The van der Waals surface area contributed by atoms with Gasteiger partial charge in [-0.2, -0.15) is 0 Å². The van der Waals surface area contributed by atoms with Gasteiger partial charge in [-0.25, -0.2) is 4.98 Å². The van der Waals surface area contributed by atoms with E-state index in [4.69, 9.17) is 0 Å². The number of nitrogens with zero attached hydrogens (tertiary/aromatic N) is 2. The first-order chi connectivity index (χ1) is 12.7. The molecule has 2 aromatic heterocycles. The minimum absolute atomic E-state index is 0.00809. The Kier molecular flexibility index (Phi) is 4.74. The van der Waals surface area contributed by atoms with E-state index in [1.807, 2.05) is 29.6 Å². The van der Waals surface area contributed by atoms with Gasteiger partial charge < -0.3 is 0 Å². The highest BCUT2D eigenvalue weighted by molar-refractivity contribution is 9.10. The quantitative estimate of drug-likeness (QED) is 0.433. The summed E-state index contributed by atoms with van der Waals surface area (Å²) in [5, 5.41) is 2.74. The largest absolute Gasteiger partial charge is 0.294 e. The molecule has 2 aromatic carbocycles. The highest BCUT2D eigenvalue weighted by Gasteiger charge is 2.13. The lowest BCUT2D eigenvalue weighted by Gasteiger charge is -2.07. The number of aryl methyl sites for hydroxylation is 1. The Morgan fingerprint density at radius 3 is 2.42 bits per heavy atom. The second-order valence-corrected chi connectivity index (χ2v) is 7.96. The predicted molar refractivity (Wildman–Crippen MR) is 112 cm³/mol. The Morgan fingerprint density at radius 2 is 1.73 bits per heavy atom. The molecule has 0 radical (unpaired) electrons. The number of aromatic nitrogens is 2. The number of fused-ring (bicyclic) bond motifs is 1. The molecular weight excluding hydrogens is 408 g/mol. The molecule has 0 fully saturated rings. The molecule has 0 N–H and O–H groups in total. The maximum absolute atomic E-state index is 13.1. The third-order valence-electron chi connectivity index (χ3n) is 4.50. The molecule has 0 aliphatic rings. The van der Waals surface area contributed by atoms with Gasteiger partial charge in [-0.3, -0.25) is 9.36 Å². The van der Waals surface area contributed by atoms with Crippen LogP contribution in [-0.4, -0.2) is 9.55 Å². The average Bonchev–Trinajstić information content (AvgIpc) is 3.11. The van der Waals surface area contributed by atoms with Crippen LogP contribution in [-0.2, 0) is 13.0 Å². The second-order valence-electron chi connectivity index (χ2n) is 6.18. The molecule has 0 atom stereocenters. The average molecular weight is 425 g/mol. The fourth-order valence-electron chi connectivity index (χ4n) is 3.00. The Morgan fingerprint density at radius 1 is 1.04 bits per heavy atom. The van der Waals surface area contributed by atoms with Crippen LogP contribution in [0.4, 0.5) is 0 Å². The Labute approximate surface area is 164 Å². The molecule has 0 amide bonds. The molecule has 0 aliphatic carbocycles. The molecule has 4 rings (SSSR count). The lowest BCUT2D eigenvalue weighted by molar-refractivity contribution is 0.749. The summed E-state index contributed by atoms with van der Waals surface area (Å²) in [6, 6.07) is 16.4. The monoisotopic (exact) mass is 424 g/mol. The third-order valence-corrected chi connectivity index (χ3v) is 5.92. The van der Waals surface area contributed by atoms with E-state index in [0.717, 1.165) is 32.4 Å². The maximum Gasteiger partial charge on any atom is 0.263 e.